The number of carbonyl (C=O) groups excluding carboxylic acids is 3. The molecule has 5 nitrogen and oxygen atoms in total. The highest BCUT2D eigenvalue weighted by molar-refractivity contribution is 6.35. The first-order chi connectivity index (χ1) is 11.5. The van der Waals surface area contributed by atoms with Crippen LogP contribution in [0.2, 0.25) is 10.0 Å². The quantitative estimate of drug-likeness (QED) is 0.657. The van der Waals surface area contributed by atoms with Gasteiger partial charge in [-0.1, -0.05) is 41.4 Å². The van der Waals surface area contributed by atoms with Crippen molar-refractivity contribution in [3.05, 3.63) is 46.0 Å². The number of hydrogen-bond donors (Lipinski definition) is 1. The van der Waals surface area contributed by atoms with Crippen molar-refractivity contribution >= 4 is 40.9 Å². The van der Waals surface area contributed by atoms with Crippen molar-refractivity contribution in [3.8, 4) is 0 Å². The van der Waals surface area contributed by atoms with Crippen LogP contribution in [0.5, 0.6) is 0 Å². The average molecular weight is 367 g/mol. The number of imide groups is 1. The Morgan fingerprint density at radius 2 is 1.75 bits per heavy atom. The van der Waals surface area contributed by atoms with E-state index in [4.69, 9.17) is 23.2 Å². The van der Waals surface area contributed by atoms with Gasteiger partial charge in [0.25, 0.3) is 0 Å². The maximum Gasteiger partial charge on any atom is 0.240 e. The van der Waals surface area contributed by atoms with Crippen LogP contribution in [-0.4, -0.2) is 29.2 Å². The fraction of sp³-hybridized carbons (Fsp3) is 0.353. The van der Waals surface area contributed by atoms with Gasteiger partial charge in [0, 0.05) is 16.6 Å². The Hall–Kier alpha value is -1.85. The largest absolute Gasteiger partial charge is 0.350 e. The summed E-state index contributed by atoms with van der Waals surface area (Å²) in [6, 6.07) is 4.99. The number of halogens is 2. The van der Waals surface area contributed by atoms with Crippen LogP contribution in [0.4, 0.5) is 0 Å². The second kappa shape index (κ2) is 6.95. The highest BCUT2D eigenvalue weighted by Gasteiger charge is 2.47. The summed E-state index contributed by atoms with van der Waals surface area (Å²) in [5.74, 6) is -1.54. The summed E-state index contributed by atoms with van der Waals surface area (Å²) in [5, 5.41) is 3.65. The second-order valence-electron chi connectivity index (χ2n) is 5.93. The number of benzene rings is 1. The second-order valence-corrected chi connectivity index (χ2v) is 6.77. The Kier molecular flexibility index (Phi) is 4.92. The third-order valence-electron chi connectivity index (χ3n) is 4.39. The number of allylic oxidation sites excluding steroid dienone is 2. The molecular weight excluding hydrogens is 351 g/mol. The van der Waals surface area contributed by atoms with Crippen LogP contribution in [0.25, 0.3) is 0 Å². The molecule has 3 rings (SSSR count). The third kappa shape index (κ3) is 3.32. The smallest absolute Gasteiger partial charge is 0.240 e. The van der Waals surface area contributed by atoms with E-state index in [0.717, 1.165) is 4.90 Å². The molecule has 7 heteroatoms. The molecule has 1 aliphatic carbocycles. The van der Waals surface area contributed by atoms with Crippen molar-refractivity contribution in [2.24, 2.45) is 11.8 Å². The maximum atomic E-state index is 12.3. The van der Waals surface area contributed by atoms with Gasteiger partial charge in [-0.3, -0.25) is 19.3 Å². The van der Waals surface area contributed by atoms with Crippen LogP contribution in [0.1, 0.15) is 18.4 Å². The lowest BCUT2D eigenvalue weighted by molar-refractivity contribution is -0.143. The fourth-order valence-electron chi connectivity index (χ4n) is 3.08. The van der Waals surface area contributed by atoms with E-state index in [0.29, 0.717) is 28.5 Å². The first-order valence-electron chi connectivity index (χ1n) is 7.68. The number of fused-ring (bicyclic) bond motifs is 1. The van der Waals surface area contributed by atoms with Crippen molar-refractivity contribution < 1.29 is 14.4 Å². The summed E-state index contributed by atoms with van der Waals surface area (Å²) >= 11 is 11.9. The van der Waals surface area contributed by atoms with Gasteiger partial charge in [-0.05, 0) is 30.5 Å². The third-order valence-corrected chi connectivity index (χ3v) is 4.98. The van der Waals surface area contributed by atoms with Crippen molar-refractivity contribution in [1.82, 2.24) is 10.2 Å². The van der Waals surface area contributed by atoms with Gasteiger partial charge in [0.1, 0.15) is 6.54 Å². The molecule has 2 aliphatic rings. The Labute approximate surface area is 149 Å². The number of likely N-dealkylation sites (tertiary alicyclic amines) is 1. The van der Waals surface area contributed by atoms with Crippen LogP contribution in [0, 0.1) is 11.8 Å². The summed E-state index contributed by atoms with van der Waals surface area (Å²) in [7, 11) is 0. The molecule has 1 fully saturated rings. The molecule has 2 unspecified atom stereocenters. The van der Waals surface area contributed by atoms with Gasteiger partial charge in [0.2, 0.25) is 17.7 Å². The SMILES string of the molecule is O=C(CN1C(=O)C2CC=CCC2C1=O)NCc1ccc(Cl)cc1Cl. The molecule has 0 bridgehead atoms. The van der Waals surface area contributed by atoms with Crippen molar-refractivity contribution in [2.45, 2.75) is 19.4 Å². The number of carbonyl (C=O) groups is 3. The Balaban J connectivity index is 1.59. The predicted molar refractivity (Wildman–Crippen MR) is 90.4 cm³/mol. The molecule has 1 saturated heterocycles. The van der Waals surface area contributed by atoms with Crippen LogP contribution >= 0.6 is 23.2 Å². The highest BCUT2D eigenvalue weighted by Crippen LogP contribution is 2.34. The van der Waals surface area contributed by atoms with Crippen LogP contribution in [0.3, 0.4) is 0 Å². The van der Waals surface area contributed by atoms with E-state index >= 15 is 0 Å². The molecule has 0 saturated carbocycles. The highest BCUT2D eigenvalue weighted by atomic mass is 35.5. The lowest BCUT2D eigenvalue weighted by atomic mass is 9.85. The van der Waals surface area contributed by atoms with Gasteiger partial charge in [0.05, 0.1) is 11.8 Å². The molecule has 3 amide bonds. The molecule has 0 spiro atoms. The van der Waals surface area contributed by atoms with E-state index in [9.17, 15) is 14.4 Å². The molecule has 126 valence electrons. The Morgan fingerprint density at radius 3 is 2.33 bits per heavy atom. The minimum Gasteiger partial charge on any atom is -0.350 e. The molecular formula is C17H16Cl2N2O3. The van der Waals surface area contributed by atoms with Gasteiger partial charge in [-0.15, -0.1) is 0 Å². The topological polar surface area (TPSA) is 66.5 Å². The summed E-state index contributed by atoms with van der Waals surface area (Å²) in [6.45, 7) is -0.0463. The number of rotatable bonds is 4. The molecule has 0 aromatic heterocycles. The summed E-state index contributed by atoms with van der Waals surface area (Å²) in [6.07, 6.45) is 4.96. The number of nitrogens with one attached hydrogen (secondary N) is 1. The lowest BCUT2D eigenvalue weighted by Crippen LogP contribution is -2.40. The molecule has 1 aliphatic heterocycles. The molecule has 1 aromatic carbocycles. The van der Waals surface area contributed by atoms with Gasteiger partial charge in [-0.25, -0.2) is 0 Å². The first-order valence-corrected chi connectivity index (χ1v) is 8.44. The van der Waals surface area contributed by atoms with Gasteiger partial charge < -0.3 is 5.32 Å². The van der Waals surface area contributed by atoms with E-state index < -0.39 is 5.91 Å². The normalized spacial score (nSPS) is 22.7. The summed E-state index contributed by atoms with van der Waals surface area (Å²) in [4.78, 5) is 37.8. The molecule has 1 heterocycles. The van der Waals surface area contributed by atoms with E-state index in [2.05, 4.69) is 5.32 Å². The molecule has 0 radical (unpaired) electrons. The number of hydrogen-bond acceptors (Lipinski definition) is 3. The Bertz CT molecular complexity index is 707. The molecule has 2 atom stereocenters. The predicted octanol–water partition coefficient (Wildman–Crippen LogP) is 2.56. The molecule has 1 aromatic rings. The van der Waals surface area contributed by atoms with E-state index in [1.54, 1.807) is 18.2 Å². The Morgan fingerprint density at radius 1 is 1.12 bits per heavy atom. The molecule has 24 heavy (non-hydrogen) atoms. The van der Waals surface area contributed by atoms with Crippen molar-refractivity contribution in [3.63, 3.8) is 0 Å². The minimum atomic E-state index is -0.394. The first kappa shape index (κ1) is 17.0. The monoisotopic (exact) mass is 366 g/mol. The van der Waals surface area contributed by atoms with E-state index in [1.807, 2.05) is 12.2 Å². The zero-order valence-electron chi connectivity index (χ0n) is 12.8. The zero-order chi connectivity index (χ0) is 17.3. The number of amides is 3. The van der Waals surface area contributed by atoms with Gasteiger partial charge in [-0.2, -0.15) is 0 Å². The zero-order valence-corrected chi connectivity index (χ0v) is 14.3. The number of nitrogens with zero attached hydrogens (tertiary/aromatic N) is 1. The maximum absolute atomic E-state index is 12.3. The molecule has 1 N–H and O–H groups in total. The average Bonchev–Trinajstić information content (AvgIpc) is 2.79. The van der Waals surface area contributed by atoms with E-state index in [1.165, 1.54) is 0 Å². The van der Waals surface area contributed by atoms with Crippen LogP contribution < -0.4 is 5.32 Å². The van der Waals surface area contributed by atoms with Crippen LogP contribution in [-0.2, 0) is 20.9 Å². The summed E-state index contributed by atoms with van der Waals surface area (Å²) in [5.41, 5.74) is 0.714. The van der Waals surface area contributed by atoms with Crippen molar-refractivity contribution in [2.75, 3.05) is 6.54 Å². The van der Waals surface area contributed by atoms with Gasteiger partial charge in [0.15, 0.2) is 0 Å². The van der Waals surface area contributed by atoms with Crippen LogP contribution in [0.15, 0.2) is 30.4 Å². The van der Waals surface area contributed by atoms with Gasteiger partial charge >= 0.3 is 0 Å². The lowest BCUT2D eigenvalue weighted by Gasteiger charge is -2.14. The standard InChI is InChI=1S/C17H16Cl2N2O3/c18-11-6-5-10(14(19)7-11)8-20-15(22)9-21-16(23)12-3-1-2-4-13(12)17(21)24/h1-2,5-7,12-13H,3-4,8-9H2,(H,20,22). The minimum absolute atomic E-state index is 0.208. The fourth-order valence-corrected chi connectivity index (χ4v) is 3.56. The summed E-state index contributed by atoms with van der Waals surface area (Å²) < 4.78 is 0. The van der Waals surface area contributed by atoms with E-state index in [-0.39, 0.29) is 36.7 Å². The van der Waals surface area contributed by atoms with Crippen molar-refractivity contribution in [1.29, 1.82) is 0 Å².